The summed E-state index contributed by atoms with van der Waals surface area (Å²) >= 11 is 0. The quantitative estimate of drug-likeness (QED) is 0.706. The average Bonchev–Trinajstić information content (AvgIpc) is 3.01. The van der Waals surface area contributed by atoms with Crippen LogP contribution in [-0.2, 0) is 7.05 Å². The van der Waals surface area contributed by atoms with Crippen molar-refractivity contribution in [2.75, 3.05) is 5.32 Å². The molecule has 3 aromatic rings. The number of amides is 1. The molecule has 3 N–H and O–H groups in total. The van der Waals surface area contributed by atoms with E-state index in [9.17, 15) is 9.18 Å². The number of hydrogen-bond donors (Lipinski definition) is 2. The van der Waals surface area contributed by atoms with E-state index in [-0.39, 0.29) is 23.8 Å². The van der Waals surface area contributed by atoms with Gasteiger partial charge in [-0.1, -0.05) is 6.07 Å². The highest BCUT2D eigenvalue weighted by atomic mass is 19.1. The number of rotatable bonds is 5. The highest BCUT2D eigenvalue weighted by Gasteiger charge is 2.25. The summed E-state index contributed by atoms with van der Waals surface area (Å²) in [5.74, 6) is 0.0776. The molecule has 0 radical (unpaired) electrons. The molecule has 1 aliphatic carbocycles. The maximum absolute atomic E-state index is 13.9. The van der Waals surface area contributed by atoms with E-state index in [1.54, 1.807) is 24.4 Å². The van der Waals surface area contributed by atoms with Crippen LogP contribution in [0, 0.1) is 5.82 Å². The molecule has 1 amide bonds. The molecule has 1 aromatic carbocycles. The van der Waals surface area contributed by atoms with E-state index >= 15 is 0 Å². The minimum absolute atomic E-state index is 0.0241. The van der Waals surface area contributed by atoms with Crippen LogP contribution in [-0.4, -0.2) is 32.6 Å². The van der Waals surface area contributed by atoms with Gasteiger partial charge in [-0.15, -0.1) is 0 Å². The van der Waals surface area contributed by atoms with Crippen molar-refractivity contribution in [2.45, 2.75) is 37.8 Å². The van der Waals surface area contributed by atoms with Gasteiger partial charge in [0.1, 0.15) is 17.2 Å². The smallest absolute Gasteiger partial charge is 0.254 e. The molecular formula is C20H22FN5O2. The summed E-state index contributed by atoms with van der Waals surface area (Å²) in [6.07, 6.45) is 4.92. The van der Waals surface area contributed by atoms with Crippen molar-refractivity contribution in [3.8, 4) is 5.88 Å². The zero-order chi connectivity index (χ0) is 19.7. The molecule has 28 heavy (non-hydrogen) atoms. The van der Waals surface area contributed by atoms with E-state index < -0.39 is 5.91 Å². The van der Waals surface area contributed by atoms with Gasteiger partial charge in [0.15, 0.2) is 5.82 Å². The number of ether oxygens (including phenoxy) is 1. The number of nitrogens with zero attached hydrogens (tertiary/aromatic N) is 3. The van der Waals surface area contributed by atoms with Crippen LogP contribution < -0.4 is 15.8 Å². The molecule has 0 bridgehead atoms. The van der Waals surface area contributed by atoms with E-state index in [1.165, 1.54) is 6.07 Å². The number of carbonyl (C=O) groups is 1. The molecule has 146 valence electrons. The van der Waals surface area contributed by atoms with Gasteiger partial charge in [-0.25, -0.2) is 14.4 Å². The van der Waals surface area contributed by atoms with Crippen molar-refractivity contribution < 1.29 is 13.9 Å². The van der Waals surface area contributed by atoms with Crippen molar-refractivity contribution in [3.63, 3.8) is 0 Å². The molecule has 0 aliphatic heterocycles. The van der Waals surface area contributed by atoms with Gasteiger partial charge < -0.3 is 20.4 Å². The molecule has 0 saturated heterocycles. The lowest BCUT2D eigenvalue weighted by Gasteiger charge is -2.29. The summed E-state index contributed by atoms with van der Waals surface area (Å²) in [5.41, 5.74) is 6.81. The number of primary amides is 1. The Bertz CT molecular complexity index is 1010. The molecule has 8 heteroatoms. The average molecular weight is 383 g/mol. The van der Waals surface area contributed by atoms with Crippen LogP contribution in [0.4, 0.5) is 10.3 Å². The summed E-state index contributed by atoms with van der Waals surface area (Å²) in [6, 6.07) is 8.45. The maximum Gasteiger partial charge on any atom is 0.254 e. The fraction of sp³-hybridized carbons (Fsp3) is 0.350. The largest absolute Gasteiger partial charge is 0.474 e. The van der Waals surface area contributed by atoms with E-state index in [4.69, 9.17) is 10.5 Å². The zero-order valence-electron chi connectivity index (χ0n) is 15.6. The van der Waals surface area contributed by atoms with Crippen molar-refractivity contribution in [3.05, 3.63) is 47.9 Å². The van der Waals surface area contributed by atoms with Crippen LogP contribution >= 0.6 is 0 Å². The van der Waals surface area contributed by atoms with E-state index in [2.05, 4.69) is 15.3 Å². The SMILES string of the molecule is Cn1c(NC2CCC(Oc3ncccc3C(N)=O)CC2)nc2c(F)cccc21. The molecule has 7 nitrogen and oxygen atoms in total. The Balaban J connectivity index is 1.39. The van der Waals surface area contributed by atoms with Crippen molar-refractivity contribution >= 4 is 22.9 Å². The van der Waals surface area contributed by atoms with Crippen LogP contribution in [0.3, 0.4) is 0 Å². The predicted molar refractivity (Wildman–Crippen MR) is 104 cm³/mol. The van der Waals surface area contributed by atoms with Crippen molar-refractivity contribution in [1.29, 1.82) is 0 Å². The van der Waals surface area contributed by atoms with Crippen LogP contribution in [0.25, 0.3) is 11.0 Å². The molecule has 2 aromatic heterocycles. The molecule has 1 fully saturated rings. The maximum atomic E-state index is 13.9. The summed E-state index contributed by atoms with van der Waals surface area (Å²) < 4.78 is 21.7. The first-order valence-corrected chi connectivity index (χ1v) is 9.32. The number of anilines is 1. The standard InChI is InChI=1S/C20H22FN5O2/c1-26-16-6-2-5-15(21)17(16)25-20(26)24-12-7-9-13(10-8-12)28-19-14(18(22)27)4-3-11-23-19/h2-6,11-13H,7-10H2,1H3,(H2,22,27)(H,24,25). The van der Waals surface area contributed by atoms with Crippen molar-refractivity contribution in [1.82, 2.24) is 14.5 Å². The molecule has 0 spiro atoms. The molecule has 1 aliphatic rings. The highest BCUT2D eigenvalue weighted by molar-refractivity contribution is 5.94. The number of fused-ring (bicyclic) bond motifs is 1. The molecule has 1 saturated carbocycles. The van der Waals surface area contributed by atoms with E-state index in [0.717, 1.165) is 31.2 Å². The molecule has 0 atom stereocenters. The number of carbonyl (C=O) groups excluding carboxylic acids is 1. The number of aromatic nitrogens is 3. The number of imidazole rings is 1. The van der Waals surface area contributed by atoms with Gasteiger partial charge in [-0.05, 0) is 49.9 Å². The van der Waals surface area contributed by atoms with E-state index in [1.807, 2.05) is 17.7 Å². The lowest BCUT2D eigenvalue weighted by atomic mass is 9.93. The van der Waals surface area contributed by atoms with Gasteiger partial charge in [0, 0.05) is 19.3 Å². The summed E-state index contributed by atoms with van der Waals surface area (Å²) in [7, 11) is 1.87. The molecule has 2 heterocycles. The van der Waals surface area contributed by atoms with Crippen LogP contribution in [0.15, 0.2) is 36.5 Å². The Morgan fingerprint density at radius 3 is 2.75 bits per heavy atom. The zero-order valence-corrected chi connectivity index (χ0v) is 15.6. The Morgan fingerprint density at radius 2 is 2.04 bits per heavy atom. The number of para-hydroxylation sites is 1. The number of hydrogen-bond acceptors (Lipinski definition) is 5. The van der Waals surface area contributed by atoms with Gasteiger partial charge >= 0.3 is 0 Å². The Labute approximate surface area is 161 Å². The van der Waals surface area contributed by atoms with Crippen LogP contribution in [0.1, 0.15) is 36.0 Å². The van der Waals surface area contributed by atoms with Crippen LogP contribution in [0.5, 0.6) is 5.88 Å². The van der Waals surface area contributed by atoms with Gasteiger partial charge in [-0.3, -0.25) is 4.79 Å². The minimum atomic E-state index is -0.549. The number of aryl methyl sites for hydroxylation is 1. The second kappa shape index (κ2) is 7.46. The third-order valence-electron chi connectivity index (χ3n) is 5.18. The van der Waals surface area contributed by atoms with Crippen molar-refractivity contribution in [2.24, 2.45) is 12.8 Å². The third kappa shape index (κ3) is 3.49. The lowest BCUT2D eigenvalue weighted by Crippen LogP contribution is -2.32. The fourth-order valence-corrected chi connectivity index (χ4v) is 3.65. The monoisotopic (exact) mass is 383 g/mol. The predicted octanol–water partition coefficient (Wildman–Crippen LogP) is 3.01. The van der Waals surface area contributed by atoms with E-state index in [0.29, 0.717) is 17.0 Å². The minimum Gasteiger partial charge on any atom is -0.474 e. The second-order valence-electron chi connectivity index (χ2n) is 7.06. The topological polar surface area (TPSA) is 95.1 Å². The fourth-order valence-electron chi connectivity index (χ4n) is 3.65. The number of benzene rings is 1. The number of pyridine rings is 1. The number of nitrogens with two attached hydrogens (primary N) is 1. The molecular weight excluding hydrogens is 361 g/mol. The first-order valence-electron chi connectivity index (χ1n) is 9.32. The first-order chi connectivity index (χ1) is 13.5. The van der Waals surface area contributed by atoms with Gasteiger partial charge in [0.2, 0.25) is 11.8 Å². The number of halogens is 1. The molecule has 0 unspecified atom stereocenters. The number of nitrogens with one attached hydrogen (secondary N) is 1. The van der Waals surface area contributed by atoms with Gasteiger partial charge in [0.05, 0.1) is 5.52 Å². The third-order valence-corrected chi connectivity index (χ3v) is 5.18. The summed E-state index contributed by atoms with van der Waals surface area (Å²) in [6.45, 7) is 0. The Kier molecular flexibility index (Phi) is 4.85. The summed E-state index contributed by atoms with van der Waals surface area (Å²) in [4.78, 5) is 20.1. The molecule has 4 rings (SSSR count). The lowest BCUT2D eigenvalue weighted by molar-refractivity contribution is 0.0983. The van der Waals surface area contributed by atoms with Gasteiger partial charge in [-0.2, -0.15) is 0 Å². The normalized spacial score (nSPS) is 19.5. The summed E-state index contributed by atoms with van der Waals surface area (Å²) in [5, 5.41) is 3.42. The Hall–Kier alpha value is -3.16. The second-order valence-corrected chi connectivity index (χ2v) is 7.06. The Morgan fingerprint density at radius 1 is 1.25 bits per heavy atom. The highest BCUT2D eigenvalue weighted by Crippen LogP contribution is 2.28. The first kappa shape index (κ1) is 18.2. The van der Waals surface area contributed by atoms with Crippen LogP contribution in [0.2, 0.25) is 0 Å². The van der Waals surface area contributed by atoms with Gasteiger partial charge in [0.25, 0.3) is 5.91 Å².